The Bertz CT molecular complexity index is 467. The van der Waals surface area contributed by atoms with Crippen LogP contribution in [-0.4, -0.2) is 18.1 Å². The van der Waals surface area contributed by atoms with Gasteiger partial charge in [-0.1, -0.05) is 49.6 Å². The molecule has 0 radical (unpaired) electrons. The third kappa shape index (κ3) is 5.04. The fraction of sp³-hybridized carbons (Fsp3) is 0.588. The van der Waals surface area contributed by atoms with Gasteiger partial charge in [0, 0.05) is 6.04 Å². The minimum atomic E-state index is -4.81. The predicted octanol–water partition coefficient (Wildman–Crippen LogP) is 4.25. The van der Waals surface area contributed by atoms with Gasteiger partial charge in [-0.05, 0) is 37.2 Å². The minimum absolute atomic E-state index is 0.156. The summed E-state index contributed by atoms with van der Waals surface area (Å²) in [4.78, 5) is 11.3. The highest BCUT2D eigenvalue weighted by atomic mass is 19.4. The summed E-state index contributed by atoms with van der Waals surface area (Å²) in [6.07, 6.45) is 1.43. The molecule has 1 aliphatic carbocycles. The molecule has 0 spiro atoms. The van der Waals surface area contributed by atoms with Crippen LogP contribution in [0, 0.1) is 5.92 Å². The van der Waals surface area contributed by atoms with Crippen LogP contribution in [0.25, 0.3) is 0 Å². The van der Waals surface area contributed by atoms with Gasteiger partial charge in [0.2, 0.25) is 0 Å². The number of hydrogen-bond acceptors (Lipinski definition) is 1. The van der Waals surface area contributed by atoms with Crippen molar-refractivity contribution in [3.05, 3.63) is 35.9 Å². The molecule has 1 amide bonds. The summed E-state index contributed by atoms with van der Waals surface area (Å²) in [6, 6.07) is 9.27. The number of carbonyl (C=O) groups is 1. The number of carbonyl (C=O) groups excluding carboxylic acids is 1. The van der Waals surface area contributed by atoms with Gasteiger partial charge in [0.25, 0.3) is 0 Å². The van der Waals surface area contributed by atoms with Crippen molar-refractivity contribution in [3.63, 3.8) is 0 Å². The van der Waals surface area contributed by atoms with Gasteiger partial charge < -0.3 is 5.32 Å². The predicted molar refractivity (Wildman–Crippen MR) is 79.3 cm³/mol. The number of halogens is 3. The smallest absolute Gasteiger partial charge is 0.345 e. The van der Waals surface area contributed by atoms with Gasteiger partial charge in [0.05, 0.1) is 0 Å². The van der Waals surface area contributed by atoms with Crippen molar-refractivity contribution < 1.29 is 18.0 Å². The van der Waals surface area contributed by atoms with Gasteiger partial charge in [-0.2, -0.15) is 13.2 Å². The largest absolute Gasteiger partial charge is 0.471 e. The first-order valence-corrected chi connectivity index (χ1v) is 7.88. The van der Waals surface area contributed by atoms with Crippen LogP contribution in [0.15, 0.2) is 30.3 Å². The zero-order valence-electron chi connectivity index (χ0n) is 12.5. The second kappa shape index (κ2) is 7.65. The van der Waals surface area contributed by atoms with Crippen LogP contribution in [0.3, 0.4) is 0 Å². The molecule has 1 aromatic carbocycles. The number of aryl methyl sites for hydroxylation is 1. The summed E-state index contributed by atoms with van der Waals surface area (Å²) >= 11 is 0. The Labute approximate surface area is 129 Å². The molecule has 1 fully saturated rings. The average molecular weight is 313 g/mol. The van der Waals surface area contributed by atoms with Crippen molar-refractivity contribution in [1.82, 2.24) is 5.32 Å². The molecular weight excluding hydrogens is 291 g/mol. The number of benzene rings is 1. The zero-order valence-corrected chi connectivity index (χ0v) is 12.5. The molecule has 0 heterocycles. The van der Waals surface area contributed by atoms with E-state index in [1.165, 1.54) is 0 Å². The maximum Gasteiger partial charge on any atom is 0.471 e. The van der Waals surface area contributed by atoms with Crippen LogP contribution in [0.1, 0.15) is 44.1 Å². The molecule has 0 unspecified atom stereocenters. The number of hydrogen-bond donors (Lipinski definition) is 1. The van der Waals surface area contributed by atoms with Gasteiger partial charge in [-0.15, -0.1) is 0 Å². The second-order valence-electron chi connectivity index (χ2n) is 6.00. The highest BCUT2D eigenvalue weighted by Crippen LogP contribution is 2.29. The maximum absolute atomic E-state index is 12.5. The van der Waals surface area contributed by atoms with Crippen molar-refractivity contribution in [3.8, 4) is 0 Å². The summed E-state index contributed by atoms with van der Waals surface area (Å²) in [6.45, 7) is 0. The van der Waals surface area contributed by atoms with Gasteiger partial charge >= 0.3 is 12.1 Å². The van der Waals surface area contributed by atoms with E-state index in [-0.39, 0.29) is 5.92 Å². The van der Waals surface area contributed by atoms with Crippen LogP contribution in [0.4, 0.5) is 13.2 Å². The molecule has 1 aliphatic rings. The molecular formula is C17H22F3NO. The Morgan fingerprint density at radius 2 is 1.77 bits per heavy atom. The molecule has 2 rings (SSSR count). The van der Waals surface area contributed by atoms with Gasteiger partial charge in [0.1, 0.15) is 0 Å². The Balaban J connectivity index is 1.99. The number of rotatable bonds is 5. The van der Waals surface area contributed by atoms with Crippen LogP contribution in [-0.2, 0) is 11.2 Å². The van der Waals surface area contributed by atoms with E-state index >= 15 is 0 Å². The molecule has 0 bridgehead atoms. The van der Waals surface area contributed by atoms with E-state index in [0.717, 1.165) is 37.7 Å². The van der Waals surface area contributed by atoms with Crippen molar-refractivity contribution in [1.29, 1.82) is 0 Å². The van der Waals surface area contributed by atoms with Gasteiger partial charge in [-0.25, -0.2) is 0 Å². The van der Waals surface area contributed by atoms with E-state index in [4.69, 9.17) is 0 Å². The zero-order chi connectivity index (χ0) is 16.0. The third-order valence-electron chi connectivity index (χ3n) is 4.38. The lowest BCUT2D eigenvalue weighted by Gasteiger charge is -2.31. The Hall–Kier alpha value is -1.52. The minimum Gasteiger partial charge on any atom is -0.345 e. The third-order valence-corrected chi connectivity index (χ3v) is 4.38. The maximum atomic E-state index is 12.5. The summed E-state index contributed by atoms with van der Waals surface area (Å²) in [7, 11) is 0. The molecule has 122 valence electrons. The molecule has 5 heteroatoms. The van der Waals surface area contributed by atoms with Crippen LogP contribution >= 0.6 is 0 Å². The van der Waals surface area contributed by atoms with E-state index in [0.29, 0.717) is 12.8 Å². The number of nitrogens with one attached hydrogen (secondary N) is 1. The average Bonchev–Trinajstić information content (AvgIpc) is 2.52. The molecule has 1 N–H and O–H groups in total. The van der Waals surface area contributed by atoms with Crippen LogP contribution in [0.5, 0.6) is 0 Å². The van der Waals surface area contributed by atoms with Crippen molar-refractivity contribution >= 4 is 5.91 Å². The quantitative estimate of drug-likeness (QED) is 0.865. The summed E-state index contributed by atoms with van der Waals surface area (Å²) in [5.41, 5.74) is 1.09. The van der Waals surface area contributed by atoms with Gasteiger partial charge in [0.15, 0.2) is 0 Å². The van der Waals surface area contributed by atoms with E-state index in [1.807, 2.05) is 30.3 Å². The lowest BCUT2D eigenvalue weighted by atomic mass is 9.81. The highest BCUT2D eigenvalue weighted by Gasteiger charge is 2.40. The molecule has 2 nitrogen and oxygen atoms in total. The molecule has 1 atom stereocenters. The molecule has 22 heavy (non-hydrogen) atoms. The van der Waals surface area contributed by atoms with Crippen molar-refractivity contribution in [2.75, 3.05) is 0 Å². The van der Waals surface area contributed by atoms with Crippen LogP contribution in [0.2, 0.25) is 0 Å². The first-order valence-electron chi connectivity index (χ1n) is 7.88. The fourth-order valence-electron chi connectivity index (χ4n) is 3.18. The van der Waals surface area contributed by atoms with E-state index in [2.05, 4.69) is 5.32 Å². The molecule has 0 aromatic heterocycles. The summed E-state index contributed by atoms with van der Waals surface area (Å²) in [5.74, 6) is -1.65. The van der Waals surface area contributed by atoms with Gasteiger partial charge in [-0.3, -0.25) is 4.79 Å². The Morgan fingerprint density at radius 1 is 1.14 bits per heavy atom. The second-order valence-corrected chi connectivity index (χ2v) is 6.00. The fourth-order valence-corrected chi connectivity index (χ4v) is 3.18. The lowest BCUT2D eigenvalue weighted by Crippen LogP contribution is -2.47. The van der Waals surface area contributed by atoms with Crippen molar-refractivity contribution in [2.24, 2.45) is 5.92 Å². The molecule has 0 aliphatic heterocycles. The lowest BCUT2D eigenvalue weighted by molar-refractivity contribution is -0.174. The van der Waals surface area contributed by atoms with Crippen molar-refractivity contribution in [2.45, 2.75) is 57.2 Å². The number of amides is 1. The molecule has 1 aromatic rings. The summed E-state index contributed by atoms with van der Waals surface area (Å²) < 4.78 is 37.6. The van der Waals surface area contributed by atoms with Crippen LogP contribution < -0.4 is 5.32 Å². The molecule has 1 saturated carbocycles. The van der Waals surface area contributed by atoms with E-state index < -0.39 is 18.1 Å². The summed E-state index contributed by atoms with van der Waals surface area (Å²) in [5, 5.41) is 2.23. The topological polar surface area (TPSA) is 29.1 Å². The monoisotopic (exact) mass is 313 g/mol. The standard InChI is InChI=1S/C17H22F3NO/c18-17(19,20)16(22)21-15(14-9-5-2-6-10-14)12-11-13-7-3-1-4-8-13/h1,3-4,7-8,14-15H,2,5-6,9-12H2,(H,21,22)/t15-/m1/s1. The first kappa shape index (κ1) is 16.8. The first-order chi connectivity index (χ1) is 10.5. The Kier molecular flexibility index (Phi) is 5.86. The highest BCUT2D eigenvalue weighted by molar-refractivity contribution is 5.81. The molecule has 0 saturated heterocycles. The Morgan fingerprint density at radius 3 is 2.36 bits per heavy atom. The normalized spacial score (nSPS) is 18.0. The van der Waals surface area contributed by atoms with E-state index in [1.54, 1.807) is 0 Å². The van der Waals surface area contributed by atoms with E-state index in [9.17, 15) is 18.0 Å². The SMILES string of the molecule is O=C(N[C@H](CCc1ccccc1)C1CCCCC1)C(F)(F)F. The number of alkyl halides is 3.